The van der Waals surface area contributed by atoms with Crippen molar-refractivity contribution >= 4 is 23.7 Å². The summed E-state index contributed by atoms with van der Waals surface area (Å²) >= 11 is 0. The van der Waals surface area contributed by atoms with E-state index >= 15 is 0 Å². The summed E-state index contributed by atoms with van der Waals surface area (Å²) in [4.78, 5) is 64.1. The lowest BCUT2D eigenvalue weighted by Gasteiger charge is -2.39. The molecule has 0 aliphatic carbocycles. The highest BCUT2D eigenvalue weighted by atomic mass is 16.6. The number of likely N-dealkylation sites (N-methyl/N-ethyl adjacent to an activating group) is 1. The molecule has 0 saturated carbocycles. The number of likely N-dealkylation sites (tertiary alicyclic amines) is 1. The molecule has 0 radical (unpaired) electrons. The zero-order valence-corrected chi connectivity index (χ0v) is 28.1. The second-order valence-electron chi connectivity index (χ2n) is 13.5. The molecule has 1 spiro atoms. The fraction of sp³-hybridized carbons (Fsp3) is 0.611. The molecule has 0 unspecified atom stereocenters. The Morgan fingerprint density at radius 2 is 1.77 bits per heavy atom. The van der Waals surface area contributed by atoms with E-state index in [2.05, 4.69) is 4.90 Å². The van der Waals surface area contributed by atoms with Crippen LogP contribution >= 0.6 is 0 Å². The summed E-state index contributed by atoms with van der Waals surface area (Å²) in [6.45, 7) is 7.44. The first-order chi connectivity index (χ1) is 23.2. The van der Waals surface area contributed by atoms with E-state index in [1.807, 2.05) is 56.3 Å². The van der Waals surface area contributed by atoms with Gasteiger partial charge in [-0.1, -0.05) is 61.6 Å². The summed E-state index contributed by atoms with van der Waals surface area (Å²) in [6.07, 6.45) is 6.93. The van der Waals surface area contributed by atoms with Gasteiger partial charge in [0, 0.05) is 46.2 Å². The molecular formula is C36H48N4O8. The minimum atomic E-state index is -1.39. The van der Waals surface area contributed by atoms with Gasteiger partial charge in [-0.15, -0.1) is 0 Å². The number of carbonyl (C=O) groups excluding carboxylic acids is 4. The summed E-state index contributed by atoms with van der Waals surface area (Å²) in [5, 5.41) is 10.4. The molecule has 6 rings (SSSR count). The minimum absolute atomic E-state index is 0.0988. The fourth-order valence-electron chi connectivity index (χ4n) is 7.94. The summed E-state index contributed by atoms with van der Waals surface area (Å²) < 4.78 is 18.4. The SMILES string of the molecule is CC[C@@H](CO)N1C(=O)[C@@H]2[C@H]3C(=O)O[C@@H](c4ccccc4)[C@H](C)N(C)C(=O)CC/C=C\CN(CCN4CCOCC4)C(=O)[C@@H]1[C@]21C=C[C@H]3O1. The second-order valence-corrected chi connectivity index (χ2v) is 13.5. The molecule has 48 heavy (non-hydrogen) atoms. The number of benzene rings is 1. The number of ether oxygens (including phenoxy) is 3. The van der Waals surface area contributed by atoms with Gasteiger partial charge in [-0.25, -0.2) is 0 Å². The fourth-order valence-corrected chi connectivity index (χ4v) is 7.94. The van der Waals surface area contributed by atoms with Crippen LogP contribution in [0.25, 0.3) is 0 Å². The summed E-state index contributed by atoms with van der Waals surface area (Å²) in [7, 11) is 1.71. The summed E-state index contributed by atoms with van der Waals surface area (Å²) in [5.74, 6) is -3.43. The molecule has 0 aromatic heterocycles. The van der Waals surface area contributed by atoms with E-state index < -0.39 is 59.6 Å². The Kier molecular flexibility index (Phi) is 10.4. The number of carbonyl (C=O) groups is 4. The second kappa shape index (κ2) is 14.5. The number of hydrogen-bond acceptors (Lipinski definition) is 9. The molecule has 3 saturated heterocycles. The first-order valence-electron chi connectivity index (χ1n) is 17.3. The van der Waals surface area contributed by atoms with Gasteiger partial charge in [0.05, 0.1) is 43.9 Å². The maximum absolute atomic E-state index is 14.8. The van der Waals surface area contributed by atoms with E-state index in [1.54, 1.807) is 29.0 Å². The lowest BCUT2D eigenvalue weighted by Crippen LogP contribution is -2.59. The third-order valence-corrected chi connectivity index (χ3v) is 10.8. The molecule has 1 aromatic carbocycles. The molecule has 5 aliphatic heterocycles. The molecule has 1 N–H and O–H groups in total. The van der Waals surface area contributed by atoms with Gasteiger partial charge >= 0.3 is 5.97 Å². The van der Waals surface area contributed by atoms with Crippen molar-refractivity contribution in [3.05, 3.63) is 60.2 Å². The average Bonchev–Trinajstić information content (AvgIpc) is 3.76. The van der Waals surface area contributed by atoms with Crippen LogP contribution in [0.3, 0.4) is 0 Å². The third kappa shape index (κ3) is 6.19. The van der Waals surface area contributed by atoms with E-state index in [-0.39, 0.29) is 31.4 Å². The first kappa shape index (κ1) is 34.3. The van der Waals surface area contributed by atoms with Crippen LogP contribution in [-0.2, 0) is 33.4 Å². The molecule has 12 nitrogen and oxygen atoms in total. The highest BCUT2D eigenvalue weighted by molar-refractivity contribution is 5.99. The smallest absolute Gasteiger partial charge is 0.313 e. The van der Waals surface area contributed by atoms with Crippen LogP contribution in [0.5, 0.6) is 0 Å². The molecule has 3 fully saturated rings. The molecule has 3 amide bonds. The Labute approximate surface area is 282 Å². The number of amides is 3. The van der Waals surface area contributed by atoms with Gasteiger partial charge in [0.15, 0.2) is 0 Å². The Morgan fingerprint density at radius 1 is 1.02 bits per heavy atom. The quantitative estimate of drug-likeness (QED) is 0.341. The maximum atomic E-state index is 14.8. The van der Waals surface area contributed by atoms with Crippen LogP contribution in [0.4, 0.5) is 0 Å². The van der Waals surface area contributed by atoms with Gasteiger partial charge in [0.25, 0.3) is 0 Å². The first-order valence-corrected chi connectivity index (χ1v) is 17.3. The van der Waals surface area contributed by atoms with Crippen LogP contribution in [0.2, 0.25) is 0 Å². The number of cyclic esters (lactones) is 1. The van der Waals surface area contributed by atoms with Crippen molar-refractivity contribution in [1.29, 1.82) is 0 Å². The average molecular weight is 665 g/mol. The van der Waals surface area contributed by atoms with E-state index in [1.165, 1.54) is 4.90 Å². The maximum Gasteiger partial charge on any atom is 0.313 e. The predicted octanol–water partition coefficient (Wildman–Crippen LogP) is 1.55. The zero-order chi connectivity index (χ0) is 34.0. The summed E-state index contributed by atoms with van der Waals surface area (Å²) in [6, 6.07) is 7.05. The molecule has 8 atom stereocenters. The zero-order valence-electron chi connectivity index (χ0n) is 28.1. The molecule has 1 aromatic rings. The number of aliphatic hydroxyl groups is 1. The van der Waals surface area contributed by atoms with Gasteiger partial charge in [-0.3, -0.25) is 24.1 Å². The van der Waals surface area contributed by atoms with Gasteiger partial charge in [-0.2, -0.15) is 0 Å². The molecule has 5 heterocycles. The molecule has 5 aliphatic rings. The molecule has 260 valence electrons. The number of aliphatic hydroxyl groups excluding tert-OH is 1. The minimum Gasteiger partial charge on any atom is -0.455 e. The van der Waals surface area contributed by atoms with Crippen molar-refractivity contribution < 1.29 is 38.5 Å². The van der Waals surface area contributed by atoms with E-state index in [4.69, 9.17) is 14.2 Å². The van der Waals surface area contributed by atoms with Crippen LogP contribution in [0, 0.1) is 11.8 Å². The van der Waals surface area contributed by atoms with Gasteiger partial charge < -0.3 is 34.0 Å². The summed E-state index contributed by atoms with van der Waals surface area (Å²) in [5.41, 5.74) is -0.666. The lowest BCUT2D eigenvalue weighted by molar-refractivity contribution is -0.164. The standard InChI is InChI=1S/C36H48N4O8/c1-4-26(23-41)40-32-34(44)39(18-17-38-19-21-46-22-20-38)16-10-6-9-13-28(42)37(3)24(2)31(25-11-7-5-8-12-25)47-35(45)29-27-14-15-36(32,48-27)30(29)33(40)43/h5-8,10-12,14-15,24,26-27,29-32,41H,4,9,13,16-23H2,1-3H3/b10-6-/t24-,26-,27+,29-,30-,31+,32+,36-/m0/s1. The van der Waals surface area contributed by atoms with Crippen LogP contribution in [0.15, 0.2) is 54.6 Å². The Balaban J connectivity index is 1.40. The van der Waals surface area contributed by atoms with Crippen LogP contribution < -0.4 is 0 Å². The number of fused-ring (bicyclic) bond motifs is 2. The van der Waals surface area contributed by atoms with Gasteiger partial charge in [0.2, 0.25) is 17.7 Å². The Bertz CT molecular complexity index is 1410. The van der Waals surface area contributed by atoms with Crippen molar-refractivity contribution in [3.63, 3.8) is 0 Å². The van der Waals surface area contributed by atoms with E-state index in [0.717, 1.165) is 18.7 Å². The van der Waals surface area contributed by atoms with Crippen molar-refractivity contribution in [2.24, 2.45) is 11.8 Å². The van der Waals surface area contributed by atoms with E-state index in [0.29, 0.717) is 39.1 Å². The van der Waals surface area contributed by atoms with Crippen LogP contribution in [-0.4, -0.2) is 138 Å². The highest BCUT2D eigenvalue weighted by Gasteiger charge is 2.74. The number of esters is 1. The Hall–Kier alpha value is -3.58. The third-order valence-electron chi connectivity index (χ3n) is 10.8. The number of hydrogen-bond donors (Lipinski definition) is 1. The monoisotopic (exact) mass is 664 g/mol. The largest absolute Gasteiger partial charge is 0.455 e. The number of rotatable bonds is 7. The molecule has 12 heteroatoms. The molecule has 5 bridgehead atoms. The van der Waals surface area contributed by atoms with Crippen molar-refractivity contribution in [3.8, 4) is 0 Å². The van der Waals surface area contributed by atoms with Crippen LogP contribution in [0.1, 0.15) is 44.8 Å². The van der Waals surface area contributed by atoms with Crippen molar-refractivity contribution in [1.82, 2.24) is 19.6 Å². The lowest BCUT2D eigenvalue weighted by atomic mass is 9.74. The number of nitrogens with zero attached hydrogens (tertiary/aromatic N) is 4. The predicted molar refractivity (Wildman–Crippen MR) is 175 cm³/mol. The van der Waals surface area contributed by atoms with Gasteiger partial charge in [-0.05, 0) is 25.3 Å². The highest BCUT2D eigenvalue weighted by Crippen LogP contribution is 2.56. The Morgan fingerprint density at radius 3 is 2.48 bits per heavy atom. The number of morpholine rings is 1. The number of allylic oxidation sites excluding steroid dienone is 1. The van der Waals surface area contributed by atoms with Crippen molar-refractivity contribution in [2.45, 2.75) is 69.0 Å². The topological polar surface area (TPSA) is 129 Å². The molecular weight excluding hydrogens is 616 g/mol. The van der Waals surface area contributed by atoms with E-state index in [9.17, 15) is 24.3 Å². The van der Waals surface area contributed by atoms with Gasteiger partial charge in [0.1, 0.15) is 23.7 Å². The normalized spacial score (nSPS) is 34.5. The van der Waals surface area contributed by atoms with Crippen molar-refractivity contribution in [2.75, 3.05) is 59.6 Å².